The Hall–Kier alpha value is -2.37. The van der Waals surface area contributed by atoms with Gasteiger partial charge in [-0.15, -0.1) is 0 Å². The van der Waals surface area contributed by atoms with Gasteiger partial charge < -0.3 is 9.88 Å². The smallest absolute Gasteiger partial charge is 0.261 e. The van der Waals surface area contributed by atoms with Gasteiger partial charge in [-0.3, -0.25) is 14.7 Å². The van der Waals surface area contributed by atoms with Crippen LogP contribution in [0, 0.1) is 6.92 Å². The maximum absolute atomic E-state index is 12.8. The van der Waals surface area contributed by atoms with Crippen LogP contribution in [0.2, 0.25) is 0 Å². The summed E-state index contributed by atoms with van der Waals surface area (Å²) >= 11 is 0. The Labute approximate surface area is 140 Å². The number of likely N-dealkylation sites (tertiary alicyclic amines) is 1. The molecule has 1 atom stereocenters. The minimum atomic E-state index is -0.248. The average molecular weight is 326 g/mol. The number of pyridine rings is 1. The maximum Gasteiger partial charge on any atom is 0.261 e. The fourth-order valence-electron chi connectivity index (χ4n) is 3.95. The first-order chi connectivity index (χ1) is 11.6. The van der Waals surface area contributed by atoms with Gasteiger partial charge in [0.15, 0.2) is 0 Å². The van der Waals surface area contributed by atoms with Crippen LogP contribution in [0.3, 0.4) is 0 Å². The SMILES string of the molecule is Cc1cn[nH]c1C1CCN(C(=O)c2cc3c([nH]c2=O)CCCC3)C1. The topological polar surface area (TPSA) is 81.8 Å². The van der Waals surface area contributed by atoms with Gasteiger partial charge in [0.05, 0.1) is 6.20 Å². The lowest BCUT2D eigenvalue weighted by molar-refractivity contribution is 0.0788. The van der Waals surface area contributed by atoms with Crippen molar-refractivity contribution < 1.29 is 4.79 Å². The minimum Gasteiger partial charge on any atom is -0.338 e. The molecule has 0 saturated carbocycles. The van der Waals surface area contributed by atoms with Gasteiger partial charge >= 0.3 is 0 Å². The molecule has 6 heteroatoms. The van der Waals surface area contributed by atoms with Crippen LogP contribution in [-0.4, -0.2) is 39.1 Å². The maximum atomic E-state index is 12.8. The molecule has 1 saturated heterocycles. The Morgan fingerprint density at radius 1 is 1.33 bits per heavy atom. The van der Waals surface area contributed by atoms with Gasteiger partial charge in [-0.25, -0.2) is 0 Å². The summed E-state index contributed by atoms with van der Waals surface area (Å²) < 4.78 is 0. The molecule has 3 heterocycles. The van der Waals surface area contributed by atoms with Crippen LogP contribution in [0.4, 0.5) is 0 Å². The number of aryl methyl sites for hydroxylation is 3. The molecule has 24 heavy (non-hydrogen) atoms. The summed E-state index contributed by atoms with van der Waals surface area (Å²) in [6, 6.07) is 1.82. The molecule has 2 aromatic rings. The fraction of sp³-hybridized carbons (Fsp3) is 0.500. The highest BCUT2D eigenvalue weighted by Gasteiger charge is 2.31. The Kier molecular flexibility index (Phi) is 3.75. The van der Waals surface area contributed by atoms with Crippen LogP contribution in [0.25, 0.3) is 0 Å². The molecule has 2 N–H and O–H groups in total. The first kappa shape index (κ1) is 15.2. The molecule has 1 aliphatic carbocycles. The van der Waals surface area contributed by atoms with E-state index in [4.69, 9.17) is 0 Å². The van der Waals surface area contributed by atoms with E-state index in [0.29, 0.717) is 13.1 Å². The quantitative estimate of drug-likeness (QED) is 0.884. The minimum absolute atomic E-state index is 0.149. The molecule has 0 bridgehead atoms. The van der Waals surface area contributed by atoms with Crippen molar-refractivity contribution in [1.29, 1.82) is 0 Å². The van der Waals surface area contributed by atoms with E-state index >= 15 is 0 Å². The molecule has 126 valence electrons. The highest BCUT2D eigenvalue weighted by atomic mass is 16.2. The molecule has 0 spiro atoms. The monoisotopic (exact) mass is 326 g/mol. The second-order valence-corrected chi connectivity index (χ2v) is 6.93. The van der Waals surface area contributed by atoms with Gasteiger partial charge in [0.25, 0.3) is 11.5 Å². The van der Waals surface area contributed by atoms with E-state index in [-0.39, 0.29) is 22.9 Å². The van der Waals surface area contributed by atoms with E-state index < -0.39 is 0 Å². The number of aromatic amines is 2. The van der Waals surface area contributed by atoms with Crippen molar-refractivity contribution in [3.05, 3.63) is 50.7 Å². The molecule has 0 aromatic carbocycles. The number of nitrogens with one attached hydrogen (secondary N) is 2. The normalized spacial score (nSPS) is 20.2. The van der Waals surface area contributed by atoms with Gasteiger partial charge in [-0.1, -0.05) is 0 Å². The number of hydrogen-bond donors (Lipinski definition) is 2. The number of aromatic nitrogens is 3. The third-order valence-electron chi connectivity index (χ3n) is 5.32. The van der Waals surface area contributed by atoms with Crippen LogP contribution in [0.5, 0.6) is 0 Å². The summed E-state index contributed by atoms with van der Waals surface area (Å²) in [5.74, 6) is 0.123. The van der Waals surface area contributed by atoms with Gasteiger partial charge in [0.2, 0.25) is 0 Å². The summed E-state index contributed by atoms with van der Waals surface area (Å²) in [6.45, 7) is 3.34. The lowest BCUT2D eigenvalue weighted by Gasteiger charge is -2.19. The standard InChI is InChI=1S/C18H22N4O2/c1-11-9-19-21-16(11)13-6-7-22(10-13)18(24)14-8-12-4-2-3-5-15(12)20-17(14)23/h8-9,13H,2-7,10H2,1H3,(H,19,21)(H,20,23). The van der Waals surface area contributed by atoms with Crippen molar-refractivity contribution in [2.45, 2.75) is 44.9 Å². The van der Waals surface area contributed by atoms with Crippen molar-refractivity contribution in [3.63, 3.8) is 0 Å². The van der Waals surface area contributed by atoms with E-state index in [1.54, 1.807) is 4.90 Å². The molecular weight excluding hydrogens is 304 g/mol. The molecule has 1 unspecified atom stereocenters. The molecule has 1 aliphatic heterocycles. The Balaban J connectivity index is 1.56. The number of nitrogens with zero attached hydrogens (tertiary/aromatic N) is 2. The molecule has 0 radical (unpaired) electrons. The zero-order valence-corrected chi connectivity index (χ0v) is 13.9. The molecule has 1 fully saturated rings. The van der Waals surface area contributed by atoms with Gasteiger partial charge in [0, 0.05) is 30.4 Å². The Morgan fingerprint density at radius 3 is 2.96 bits per heavy atom. The second kappa shape index (κ2) is 5.92. The van der Waals surface area contributed by atoms with Crippen LogP contribution in [0.1, 0.15) is 58.1 Å². The fourth-order valence-corrected chi connectivity index (χ4v) is 3.95. The third kappa shape index (κ3) is 2.56. The van der Waals surface area contributed by atoms with E-state index in [0.717, 1.165) is 54.6 Å². The van der Waals surface area contributed by atoms with E-state index in [1.165, 1.54) is 0 Å². The summed E-state index contributed by atoms with van der Waals surface area (Å²) in [5, 5.41) is 7.12. The van der Waals surface area contributed by atoms with E-state index in [1.807, 2.05) is 19.2 Å². The average Bonchev–Trinajstić information content (AvgIpc) is 3.22. The van der Waals surface area contributed by atoms with Crippen molar-refractivity contribution >= 4 is 5.91 Å². The molecular formula is C18H22N4O2. The molecule has 2 aromatic heterocycles. The molecule has 2 aliphatic rings. The van der Waals surface area contributed by atoms with Crippen LogP contribution < -0.4 is 5.56 Å². The third-order valence-corrected chi connectivity index (χ3v) is 5.32. The van der Waals surface area contributed by atoms with E-state index in [2.05, 4.69) is 15.2 Å². The number of H-pyrrole nitrogens is 2. The predicted octanol–water partition coefficient (Wildman–Crippen LogP) is 1.91. The Bertz CT molecular complexity index is 836. The van der Waals surface area contributed by atoms with Crippen LogP contribution in [0.15, 0.2) is 17.1 Å². The van der Waals surface area contributed by atoms with Gasteiger partial charge in [-0.2, -0.15) is 5.10 Å². The second-order valence-electron chi connectivity index (χ2n) is 6.93. The number of carbonyl (C=O) groups excluding carboxylic acids is 1. The molecule has 6 nitrogen and oxygen atoms in total. The number of rotatable bonds is 2. The van der Waals surface area contributed by atoms with Crippen molar-refractivity contribution in [2.75, 3.05) is 13.1 Å². The zero-order valence-electron chi connectivity index (χ0n) is 13.9. The van der Waals surface area contributed by atoms with Gasteiger partial charge in [-0.05, 0) is 56.2 Å². The lowest BCUT2D eigenvalue weighted by Crippen LogP contribution is -2.34. The van der Waals surface area contributed by atoms with Crippen LogP contribution in [-0.2, 0) is 12.8 Å². The number of amides is 1. The summed E-state index contributed by atoms with van der Waals surface area (Å²) in [6.07, 6.45) is 6.79. The molecule has 4 rings (SSSR count). The number of hydrogen-bond acceptors (Lipinski definition) is 3. The lowest BCUT2D eigenvalue weighted by atomic mass is 9.95. The van der Waals surface area contributed by atoms with E-state index in [9.17, 15) is 9.59 Å². The van der Waals surface area contributed by atoms with Gasteiger partial charge in [0.1, 0.15) is 5.56 Å². The summed E-state index contributed by atoms with van der Waals surface area (Å²) in [5.41, 5.74) is 4.41. The Morgan fingerprint density at radius 2 is 2.17 bits per heavy atom. The predicted molar refractivity (Wildman–Crippen MR) is 90.3 cm³/mol. The highest BCUT2D eigenvalue weighted by molar-refractivity contribution is 5.94. The summed E-state index contributed by atoms with van der Waals surface area (Å²) in [4.78, 5) is 29.9. The van der Waals surface area contributed by atoms with Crippen molar-refractivity contribution in [3.8, 4) is 0 Å². The zero-order chi connectivity index (χ0) is 16.7. The van der Waals surface area contributed by atoms with Crippen LogP contribution >= 0.6 is 0 Å². The number of carbonyl (C=O) groups is 1. The number of fused-ring (bicyclic) bond motifs is 1. The highest BCUT2D eigenvalue weighted by Crippen LogP contribution is 2.28. The molecule has 1 amide bonds. The summed E-state index contributed by atoms with van der Waals surface area (Å²) in [7, 11) is 0. The first-order valence-corrected chi connectivity index (χ1v) is 8.67. The largest absolute Gasteiger partial charge is 0.338 e. The first-order valence-electron chi connectivity index (χ1n) is 8.67. The van der Waals surface area contributed by atoms with Crippen molar-refractivity contribution in [1.82, 2.24) is 20.1 Å². The van der Waals surface area contributed by atoms with Crippen molar-refractivity contribution in [2.24, 2.45) is 0 Å².